The highest BCUT2D eigenvalue weighted by Crippen LogP contribution is 2.20. The molecule has 112 valence electrons. The summed E-state index contributed by atoms with van der Waals surface area (Å²) in [6.45, 7) is 5.32. The zero-order valence-electron chi connectivity index (χ0n) is 11.9. The van der Waals surface area contributed by atoms with E-state index in [0.717, 1.165) is 18.7 Å². The van der Waals surface area contributed by atoms with Gasteiger partial charge in [-0.05, 0) is 57.5 Å². The first-order chi connectivity index (χ1) is 9.47. The van der Waals surface area contributed by atoms with Gasteiger partial charge in [0, 0.05) is 12.2 Å². The van der Waals surface area contributed by atoms with Crippen LogP contribution in [-0.2, 0) is 10.0 Å². The van der Waals surface area contributed by atoms with Crippen molar-refractivity contribution in [3.8, 4) is 5.75 Å². The summed E-state index contributed by atoms with van der Waals surface area (Å²) in [6, 6.07) is 7.00. The predicted octanol–water partition coefficient (Wildman–Crippen LogP) is 1.97. The minimum Gasteiger partial charge on any atom is -0.491 e. The number of benzene rings is 1. The van der Waals surface area contributed by atoms with E-state index in [1.807, 2.05) is 13.8 Å². The maximum absolute atomic E-state index is 12.2. The van der Waals surface area contributed by atoms with Gasteiger partial charge < -0.3 is 10.1 Å². The summed E-state index contributed by atoms with van der Waals surface area (Å²) in [5.74, 6) is 0.738. The summed E-state index contributed by atoms with van der Waals surface area (Å²) < 4.78 is 32.6. The van der Waals surface area contributed by atoms with Crippen molar-refractivity contribution >= 4 is 15.7 Å². The highest BCUT2D eigenvalue weighted by molar-refractivity contribution is 7.93. The standard InChI is InChI=1S/C14H22N2O3S/c1-11(2)19-13-7-5-12(6-8-13)16-20(17,18)14-4-3-9-15-10-14/h5-8,11,14-16H,3-4,9-10H2,1-2H3. The summed E-state index contributed by atoms with van der Waals surface area (Å²) in [5.41, 5.74) is 0.576. The lowest BCUT2D eigenvalue weighted by molar-refractivity contribution is 0.242. The molecule has 1 atom stereocenters. The molecule has 0 saturated carbocycles. The Hall–Kier alpha value is -1.27. The predicted molar refractivity (Wildman–Crippen MR) is 80.6 cm³/mol. The van der Waals surface area contributed by atoms with Crippen LogP contribution in [0.5, 0.6) is 5.75 Å². The van der Waals surface area contributed by atoms with E-state index < -0.39 is 10.0 Å². The highest BCUT2D eigenvalue weighted by Gasteiger charge is 2.26. The van der Waals surface area contributed by atoms with Crippen LogP contribution >= 0.6 is 0 Å². The normalized spacial score (nSPS) is 19.9. The molecule has 1 fully saturated rings. The molecule has 0 radical (unpaired) electrons. The largest absolute Gasteiger partial charge is 0.491 e. The average molecular weight is 298 g/mol. The van der Waals surface area contributed by atoms with E-state index in [2.05, 4.69) is 10.0 Å². The first kappa shape index (κ1) is 15.1. The van der Waals surface area contributed by atoms with Crippen LogP contribution < -0.4 is 14.8 Å². The maximum atomic E-state index is 12.2. The Bertz CT molecular complexity index is 520. The molecule has 6 heteroatoms. The number of sulfonamides is 1. The lowest BCUT2D eigenvalue weighted by atomic mass is 10.2. The molecule has 1 aliphatic rings. The van der Waals surface area contributed by atoms with Crippen LogP contribution in [0.3, 0.4) is 0 Å². The third-order valence-corrected chi connectivity index (χ3v) is 4.98. The Labute approximate surface area is 120 Å². The molecule has 1 saturated heterocycles. The number of nitrogens with one attached hydrogen (secondary N) is 2. The zero-order valence-corrected chi connectivity index (χ0v) is 12.7. The van der Waals surface area contributed by atoms with Crippen molar-refractivity contribution in [3.05, 3.63) is 24.3 Å². The average Bonchev–Trinajstić information content (AvgIpc) is 2.41. The second-order valence-electron chi connectivity index (χ2n) is 5.31. The Kier molecular flexibility index (Phi) is 4.88. The van der Waals surface area contributed by atoms with Gasteiger partial charge in [-0.2, -0.15) is 0 Å². The molecule has 0 amide bonds. The molecule has 1 aromatic rings. The maximum Gasteiger partial charge on any atom is 0.236 e. The fourth-order valence-electron chi connectivity index (χ4n) is 2.21. The molecular weight excluding hydrogens is 276 g/mol. The van der Waals surface area contributed by atoms with Gasteiger partial charge in [0.05, 0.1) is 11.4 Å². The van der Waals surface area contributed by atoms with Crippen LogP contribution in [0.15, 0.2) is 24.3 Å². The number of hydrogen-bond acceptors (Lipinski definition) is 4. The Morgan fingerprint density at radius 2 is 2.00 bits per heavy atom. The van der Waals surface area contributed by atoms with Gasteiger partial charge >= 0.3 is 0 Å². The van der Waals surface area contributed by atoms with E-state index in [4.69, 9.17) is 4.74 Å². The lowest BCUT2D eigenvalue weighted by Crippen LogP contribution is -2.41. The SMILES string of the molecule is CC(C)Oc1ccc(NS(=O)(=O)C2CCCNC2)cc1. The highest BCUT2D eigenvalue weighted by atomic mass is 32.2. The molecule has 1 heterocycles. The summed E-state index contributed by atoms with van der Waals surface area (Å²) in [7, 11) is -3.33. The fraction of sp³-hybridized carbons (Fsp3) is 0.571. The van der Waals surface area contributed by atoms with Crippen molar-refractivity contribution in [3.63, 3.8) is 0 Å². The van der Waals surface area contributed by atoms with Gasteiger partial charge in [0.15, 0.2) is 0 Å². The van der Waals surface area contributed by atoms with Crippen molar-refractivity contribution in [1.29, 1.82) is 0 Å². The van der Waals surface area contributed by atoms with E-state index in [1.165, 1.54) is 0 Å². The molecule has 1 aliphatic heterocycles. The summed E-state index contributed by atoms with van der Waals surface area (Å²) in [4.78, 5) is 0. The van der Waals surface area contributed by atoms with Crippen LogP contribution in [0.25, 0.3) is 0 Å². The van der Waals surface area contributed by atoms with Crippen molar-refractivity contribution in [1.82, 2.24) is 5.32 Å². The quantitative estimate of drug-likeness (QED) is 0.872. The number of piperidine rings is 1. The van der Waals surface area contributed by atoms with Crippen molar-refractivity contribution < 1.29 is 13.2 Å². The van der Waals surface area contributed by atoms with E-state index in [1.54, 1.807) is 24.3 Å². The molecular formula is C14H22N2O3S. The molecule has 1 unspecified atom stereocenters. The molecule has 1 aromatic carbocycles. The second kappa shape index (κ2) is 6.45. The van der Waals surface area contributed by atoms with Gasteiger partial charge in [0.1, 0.15) is 5.75 Å². The first-order valence-corrected chi connectivity index (χ1v) is 8.51. The molecule has 0 bridgehead atoms. The Morgan fingerprint density at radius 3 is 2.55 bits per heavy atom. The van der Waals surface area contributed by atoms with Gasteiger partial charge in [0.25, 0.3) is 0 Å². The van der Waals surface area contributed by atoms with Crippen LogP contribution in [-0.4, -0.2) is 32.9 Å². The number of ether oxygens (including phenoxy) is 1. The summed E-state index contributed by atoms with van der Waals surface area (Å²) >= 11 is 0. The van der Waals surface area contributed by atoms with E-state index >= 15 is 0 Å². The molecule has 2 N–H and O–H groups in total. The van der Waals surface area contributed by atoms with Gasteiger partial charge in [-0.25, -0.2) is 8.42 Å². The third kappa shape index (κ3) is 4.11. The molecule has 0 aliphatic carbocycles. The first-order valence-electron chi connectivity index (χ1n) is 6.96. The molecule has 0 spiro atoms. The van der Waals surface area contributed by atoms with Crippen LogP contribution in [0.4, 0.5) is 5.69 Å². The summed E-state index contributed by atoms with van der Waals surface area (Å²) in [6.07, 6.45) is 1.70. The van der Waals surface area contributed by atoms with Gasteiger partial charge in [0.2, 0.25) is 10.0 Å². The third-order valence-electron chi connectivity index (χ3n) is 3.18. The summed E-state index contributed by atoms with van der Waals surface area (Å²) in [5, 5.41) is 2.76. The van der Waals surface area contributed by atoms with Crippen molar-refractivity contribution in [2.75, 3.05) is 17.8 Å². The van der Waals surface area contributed by atoms with Gasteiger partial charge in [-0.1, -0.05) is 0 Å². The van der Waals surface area contributed by atoms with Crippen molar-refractivity contribution in [2.24, 2.45) is 0 Å². The van der Waals surface area contributed by atoms with Crippen LogP contribution in [0.2, 0.25) is 0 Å². The lowest BCUT2D eigenvalue weighted by Gasteiger charge is -2.23. The van der Waals surface area contributed by atoms with Crippen LogP contribution in [0.1, 0.15) is 26.7 Å². The van der Waals surface area contributed by atoms with Crippen molar-refractivity contribution in [2.45, 2.75) is 38.0 Å². The van der Waals surface area contributed by atoms with Gasteiger partial charge in [-0.15, -0.1) is 0 Å². The molecule has 0 aromatic heterocycles. The molecule has 20 heavy (non-hydrogen) atoms. The number of rotatable bonds is 5. The smallest absolute Gasteiger partial charge is 0.236 e. The number of anilines is 1. The molecule has 2 rings (SSSR count). The van der Waals surface area contributed by atoms with E-state index in [0.29, 0.717) is 18.7 Å². The monoisotopic (exact) mass is 298 g/mol. The minimum absolute atomic E-state index is 0.103. The van der Waals surface area contributed by atoms with Crippen LogP contribution in [0, 0.1) is 0 Å². The second-order valence-corrected chi connectivity index (χ2v) is 7.27. The number of hydrogen-bond donors (Lipinski definition) is 2. The van der Waals surface area contributed by atoms with Gasteiger partial charge in [-0.3, -0.25) is 4.72 Å². The molecule has 5 nitrogen and oxygen atoms in total. The Morgan fingerprint density at radius 1 is 1.30 bits per heavy atom. The van der Waals surface area contributed by atoms with E-state index in [-0.39, 0.29) is 11.4 Å². The van der Waals surface area contributed by atoms with E-state index in [9.17, 15) is 8.42 Å². The zero-order chi connectivity index (χ0) is 14.6. The fourth-order valence-corrected chi connectivity index (χ4v) is 3.65. The Balaban J connectivity index is 2.01. The minimum atomic E-state index is -3.33. The topological polar surface area (TPSA) is 67.4 Å².